The first-order valence-corrected chi connectivity index (χ1v) is 10.6. The summed E-state index contributed by atoms with van der Waals surface area (Å²) in [6.07, 6.45) is 13.7. The number of anilines is 1. The van der Waals surface area contributed by atoms with Crippen LogP contribution in [0.25, 0.3) is 0 Å². The number of unbranched alkanes of at least 4 members (excludes halogenated alkanes) is 7. The number of rotatable bonds is 13. The van der Waals surface area contributed by atoms with Crippen LogP contribution in [0.2, 0.25) is 0 Å². The van der Waals surface area contributed by atoms with Crippen molar-refractivity contribution in [3.63, 3.8) is 0 Å². The Hall–Kier alpha value is -2.03. The average molecular weight is 369 g/mol. The van der Waals surface area contributed by atoms with E-state index >= 15 is 0 Å². The Labute approximate surface area is 165 Å². The van der Waals surface area contributed by atoms with Gasteiger partial charge >= 0.3 is 0 Å². The van der Waals surface area contributed by atoms with Crippen LogP contribution in [0.15, 0.2) is 42.6 Å². The number of nitrogens with one attached hydrogen (secondary N) is 1. The molecule has 1 atom stereocenters. The molecule has 1 aromatic carbocycles. The lowest BCUT2D eigenvalue weighted by molar-refractivity contribution is 0.413. The van der Waals surface area contributed by atoms with Gasteiger partial charge in [0.15, 0.2) is 0 Å². The highest BCUT2D eigenvalue weighted by molar-refractivity contribution is 5.45. The summed E-state index contributed by atoms with van der Waals surface area (Å²) in [5, 5.41) is 3.67. The lowest BCUT2D eigenvalue weighted by Crippen LogP contribution is -2.13. The molecule has 0 aliphatic heterocycles. The van der Waals surface area contributed by atoms with Crippen LogP contribution >= 0.6 is 0 Å². The van der Waals surface area contributed by atoms with E-state index in [1.54, 1.807) is 7.11 Å². The molecule has 27 heavy (non-hydrogen) atoms. The second-order valence-corrected chi connectivity index (χ2v) is 7.41. The number of ether oxygens (including phenoxy) is 1. The average Bonchev–Trinajstić information content (AvgIpc) is 2.70. The van der Waals surface area contributed by atoms with Crippen LogP contribution in [-0.4, -0.2) is 12.1 Å². The number of hydrogen-bond donors (Lipinski definition) is 1. The Morgan fingerprint density at radius 3 is 2.41 bits per heavy atom. The first kappa shape index (κ1) is 21.3. The Morgan fingerprint density at radius 2 is 1.70 bits per heavy atom. The summed E-state index contributed by atoms with van der Waals surface area (Å²) in [6, 6.07) is 12.7. The van der Waals surface area contributed by atoms with Gasteiger partial charge in [-0.05, 0) is 42.7 Å². The van der Waals surface area contributed by atoms with Crippen molar-refractivity contribution in [3.8, 4) is 5.75 Å². The van der Waals surface area contributed by atoms with Gasteiger partial charge < -0.3 is 10.1 Å². The zero-order valence-corrected chi connectivity index (χ0v) is 17.3. The minimum atomic E-state index is 0.258. The molecule has 2 rings (SSSR count). The smallest absolute Gasteiger partial charge is 0.129 e. The third-order valence-corrected chi connectivity index (χ3v) is 5.16. The number of methoxy groups -OCH3 is 1. The molecule has 0 amide bonds. The Bertz CT molecular complexity index is 656. The van der Waals surface area contributed by atoms with Crippen LogP contribution in [-0.2, 0) is 0 Å². The van der Waals surface area contributed by atoms with E-state index in [0.717, 1.165) is 18.0 Å². The fourth-order valence-corrected chi connectivity index (χ4v) is 3.46. The molecule has 3 heteroatoms. The molecule has 0 bridgehead atoms. The summed E-state index contributed by atoms with van der Waals surface area (Å²) >= 11 is 0. The minimum Gasteiger partial charge on any atom is -0.497 e. The van der Waals surface area contributed by atoms with E-state index in [4.69, 9.17) is 4.74 Å². The zero-order valence-electron chi connectivity index (χ0n) is 17.3. The molecular weight excluding hydrogens is 332 g/mol. The number of aromatic nitrogens is 1. The maximum absolute atomic E-state index is 5.43. The van der Waals surface area contributed by atoms with Crippen LogP contribution in [0.1, 0.15) is 81.9 Å². The van der Waals surface area contributed by atoms with Gasteiger partial charge in [0.25, 0.3) is 0 Å². The van der Waals surface area contributed by atoms with Crippen LogP contribution in [0.3, 0.4) is 0 Å². The van der Waals surface area contributed by atoms with Crippen LogP contribution in [0.4, 0.5) is 5.82 Å². The van der Waals surface area contributed by atoms with Crippen molar-refractivity contribution in [2.75, 3.05) is 12.4 Å². The van der Waals surface area contributed by atoms with Gasteiger partial charge in [0, 0.05) is 6.20 Å². The molecule has 3 nitrogen and oxygen atoms in total. The molecule has 2 aromatic rings. The van der Waals surface area contributed by atoms with Gasteiger partial charge in [-0.15, -0.1) is 0 Å². The molecule has 1 aromatic heterocycles. The zero-order chi connectivity index (χ0) is 19.3. The van der Waals surface area contributed by atoms with Crippen LogP contribution < -0.4 is 10.1 Å². The number of aryl methyl sites for hydroxylation is 1. The van der Waals surface area contributed by atoms with E-state index in [2.05, 4.69) is 48.4 Å². The van der Waals surface area contributed by atoms with Crippen molar-refractivity contribution < 1.29 is 4.74 Å². The van der Waals surface area contributed by atoms with Crippen LogP contribution in [0, 0.1) is 6.92 Å². The van der Waals surface area contributed by atoms with Gasteiger partial charge in [0.1, 0.15) is 11.6 Å². The van der Waals surface area contributed by atoms with E-state index in [0.29, 0.717) is 0 Å². The van der Waals surface area contributed by atoms with Gasteiger partial charge in [-0.2, -0.15) is 0 Å². The molecule has 1 heterocycles. The Balaban J connectivity index is 1.92. The van der Waals surface area contributed by atoms with E-state index < -0.39 is 0 Å². The molecule has 0 saturated heterocycles. The molecule has 1 N–H and O–H groups in total. The highest BCUT2D eigenvalue weighted by Gasteiger charge is 2.14. The SMILES string of the molecule is CCCCCCCCCCC(Nc1ncccc1C)c1cccc(OC)c1. The summed E-state index contributed by atoms with van der Waals surface area (Å²) < 4.78 is 5.43. The summed E-state index contributed by atoms with van der Waals surface area (Å²) in [4.78, 5) is 4.53. The van der Waals surface area contributed by atoms with E-state index in [-0.39, 0.29) is 6.04 Å². The number of nitrogens with zero attached hydrogens (tertiary/aromatic N) is 1. The predicted molar refractivity (Wildman–Crippen MR) is 116 cm³/mol. The Morgan fingerprint density at radius 1 is 0.963 bits per heavy atom. The maximum Gasteiger partial charge on any atom is 0.129 e. The van der Waals surface area contributed by atoms with Crippen molar-refractivity contribution in [3.05, 3.63) is 53.7 Å². The third-order valence-electron chi connectivity index (χ3n) is 5.16. The van der Waals surface area contributed by atoms with Gasteiger partial charge in [0.05, 0.1) is 13.2 Å². The summed E-state index contributed by atoms with van der Waals surface area (Å²) in [5.41, 5.74) is 2.45. The van der Waals surface area contributed by atoms with Gasteiger partial charge in [0.2, 0.25) is 0 Å². The van der Waals surface area contributed by atoms with E-state index in [1.807, 2.05) is 18.3 Å². The highest BCUT2D eigenvalue weighted by atomic mass is 16.5. The lowest BCUT2D eigenvalue weighted by atomic mass is 9.98. The summed E-state index contributed by atoms with van der Waals surface area (Å²) in [7, 11) is 1.73. The highest BCUT2D eigenvalue weighted by Crippen LogP contribution is 2.28. The first-order valence-electron chi connectivity index (χ1n) is 10.6. The van der Waals surface area contributed by atoms with Gasteiger partial charge in [-0.3, -0.25) is 0 Å². The quantitative estimate of drug-likeness (QED) is 0.383. The normalized spacial score (nSPS) is 12.0. The second kappa shape index (κ2) is 12.4. The molecule has 0 spiro atoms. The number of benzene rings is 1. The topological polar surface area (TPSA) is 34.2 Å². The molecule has 0 aliphatic rings. The predicted octanol–water partition coefficient (Wildman–Crippen LogP) is 7.08. The van der Waals surface area contributed by atoms with Crippen molar-refractivity contribution in [2.45, 2.75) is 77.7 Å². The molecule has 0 radical (unpaired) electrons. The standard InChI is InChI=1S/C24H36N2O/c1-4-5-6-7-8-9-10-11-17-23(21-15-12-16-22(19-21)27-3)26-24-20(2)14-13-18-25-24/h12-16,18-19,23H,4-11,17H2,1-3H3,(H,25,26). The summed E-state index contributed by atoms with van der Waals surface area (Å²) in [5.74, 6) is 1.89. The van der Waals surface area contributed by atoms with Crippen LogP contribution in [0.5, 0.6) is 5.75 Å². The molecule has 148 valence electrons. The third kappa shape index (κ3) is 7.62. The van der Waals surface area contributed by atoms with Crippen molar-refractivity contribution >= 4 is 5.82 Å². The largest absolute Gasteiger partial charge is 0.497 e. The summed E-state index contributed by atoms with van der Waals surface area (Å²) in [6.45, 7) is 4.38. The van der Waals surface area contributed by atoms with Gasteiger partial charge in [-0.25, -0.2) is 4.98 Å². The number of pyridine rings is 1. The van der Waals surface area contributed by atoms with E-state index in [9.17, 15) is 0 Å². The Kier molecular flexibility index (Phi) is 9.75. The van der Waals surface area contributed by atoms with Gasteiger partial charge in [-0.1, -0.05) is 76.5 Å². The maximum atomic E-state index is 5.43. The molecule has 0 fully saturated rings. The molecule has 1 unspecified atom stereocenters. The number of hydrogen-bond acceptors (Lipinski definition) is 3. The van der Waals surface area contributed by atoms with Crippen molar-refractivity contribution in [1.82, 2.24) is 4.98 Å². The molecule has 0 aliphatic carbocycles. The van der Waals surface area contributed by atoms with Crippen molar-refractivity contribution in [1.29, 1.82) is 0 Å². The second-order valence-electron chi connectivity index (χ2n) is 7.41. The fourth-order valence-electron chi connectivity index (χ4n) is 3.46. The monoisotopic (exact) mass is 368 g/mol. The minimum absolute atomic E-state index is 0.258. The fraction of sp³-hybridized carbons (Fsp3) is 0.542. The van der Waals surface area contributed by atoms with Crippen molar-refractivity contribution in [2.24, 2.45) is 0 Å². The molecule has 0 saturated carbocycles. The first-order chi connectivity index (χ1) is 13.2. The molecular formula is C24H36N2O. The lowest BCUT2D eigenvalue weighted by Gasteiger charge is -2.21. The van der Waals surface area contributed by atoms with E-state index in [1.165, 1.54) is 62.5 Å².